The van der Waals surface area contributed by atoms with E-state index < -0.39 is 0 Å². The first kappa shape index (κ1) is 17.7. The fourth-order valence-corrected chi connectivity index (χ4v) is 3.87. The van der Waals surface area contributed by atoms with Crippen molar-refractivity contribution in [3.05, 3.63) is 40.6 Å². The number of carbonyl (C=O) groups excluding carboxylic acids is 1. The SMILES string of the molecule is CC(C)c1nc2ccccc2c2nn(CC(=O)NC3CCCCC3)c(=O)n12. The molecule has 0 bridgehead atoms. The molecule has 7 heteroatoms. The zero-order valence-electron chi connectivity index (χ0n) is 15.8. The average Bonchev–Trinajstić information content (AvgIpc) is 2.98. The van der Waals surface area contributed by atoms with E-state index in [0.29, 0.717) is 11.5 Å². The molecule has 0 radical (unpaired) electrons. The molecule has 1 N–H and O–H groups in total. The number of hydrogen-bond donors (Lipinski definition) is 1. The van der Waals surface area contributed by atoms with E-state index in [1.165, 1.54) is 11.1 Å². The van der Waals surface area contributed by atoms with Crippen molar-refractivity contribution in [2.45, 2.75) is 64.5 Å². The fraction of sp³-hybridized carbons (Fsp3) is 0.500. The van der Waals surface area contributed by atoms with Crippen molar-refractivity contribution in [1.82, 2.24) is 24.5 Å². The van der Waals surface area contributed by atoms with Gasteiger partial charge in [-0.25, -0.2) is 18.9 Å². The summed E-state index contributed by atoms with van der Waals surface area (Å²) < 4.78 is 2.80. The molecular weight excluding hydrogens is 342 g/mol. The first-order chi connectivity index (χ1) is 13.0. The molecule has 1 aromatic carbocycles. The summed E-state index contributed by atoms with van der Waals surface area (Å²) in [4.78, 5) is 30.1. The molecule has 27 heavy (non-hydrogen) atoms. The van der Waals surface area contributed by atoms with Gasteiger partial charge in [0.15, 0.2) is 5.65 Å². The summed E-state index contributed by atoms with van der Waals surface area (Å²) in [6.45, 7) is 3.93. The molecule has 0 atom stereocenters. The van der Waals surface area contributed by atoms with Crippen LogP contribution in [-0.2, 0) is 11.3 Å². The maximum atomic E-state index is 13.0. The molecule has 2 aromatic heterocycles. The van der Waals surface area contributed by atoms with Crippen LogP contribution in [-0.4, -0.2) is 31.1 Å². The third kappa shape index (κ3) is 3.34. The number of fused-ring (bicyclic) bond motifs is 3. The number of para-hydroxylation sites is 1. The molecule has 2 heterocycles. The van der Waals surface area contributed by atoms with E-state index in [1.807, 2.05) is 38.1 Å². The van der Waals surface area contributed by atoms with E-state index in [2.05, 4.69) is 15.4 Å². The lowest BCUT2D eigenvalue weighted by molar-refractivity contribution is -0.122. The molecular formula is C20H25N5O2. The van der Waals surface area contributed by atoms with Crippen molar-refractivity contribution in [2.24, 2.45) is 0 Å². The molecule has 1 aliphatic carbocycles. The minimum absolute atomic E-state index is 0.0588. The van der Waals surface area contributed by atoms with Crippen LogP contribution in [0.5, 0.6) is 0 Å². The Morgan fingerprint density at radius 2 is 1.96 bits per heavy atom. The smallest absolute Gasteiger partial charge is 0.352 e. The molecule has 1 saturated carbocycles. The summed E-state index contributed by atoms with van der Waals surface area (Å²) in [6, 6.07) is 7.86. The summed E-state index contributed by atoms with van der Waals surface area (Å²) in [5.41, 5.74) is 1.04. The number of nitrogens with one attached hydrogen (secondary N) is 1. The molecule has 7 nitrogen and oxygen atoms in total. The van der Waals surface area contributed by atoms with Crippen molar-refractivity contribution < 1.29 is 4.79 Å². The van der Waals surface area contributed by atoms with E-state index in [0.717, 1.165) is 36.6 Å². The monoisotopic (exact) mass is 367 g/mol. The molecule has 1 fully saturated rings. The Morgan fingerprint density at radius 3 is 2.70 bits per heavy atom. The van der Waals surface area contributed by atoms with Gasteiger partial charge in [-0.3, -0.25) is 4.79 Å². The lowest BCUT2D eigenvalue weighted by Gasteiger charge is -2.22. The number of benzene rings is 1. The van der Waals surface area contributed by atoms with Crippen LogP contribution in [0.3, 0.4) is 0 Å². The van der Waals surface area contributed by atoms with Crippen LogP contribution in [0.15, 0.2) is 29.1 Å². The van der Waals surface area contributed by atoms with Crippen LogP contribution in [0.25, 0.3) is 16.6 Å². The van der Waals surface area contributed by atoms with Crippen LogP contribution < -0.4 is 11.0 Å². The van der Waals surface area contributed by atoms with Gasteiger partial charge in [0, 0.05) is 17.3 Å². The predicted octanol–water partition coefficient (Wildman–Crippen LogP) is 2.62. The van der Waals surface area contributed by atoms with E-state index in [4.69, 9.17) is 0 Å². The quantitative estimate of drug-likeness (QED) is 0.768. The summed E-state index contributed by atoms with van der Waals surface area (Å²) in [6.07, 6.45) is 5.55. The molecule has 0 aliphatic heterocycles. The highest BCUT2D eigenvalue weighted by Crippen LogP contribution is 2.21. The Kier molecular flexibility index (Phi) is 4.68. The van der Waals surface area contributed by atoms with Crippen molar-refractivity contribution in [3.8, 4) is 0 Å². The van der Waals surface area contributed by atoms with Crippen LogP contribution in [0.1, 0.15) is 57.7 Å². The summed E-state index contributed by atoms with van der Waals surface area (Å²) in [7, 11) is 0. The van der Waals surface area contributed by atoms with Crippen molar-refractivity contribution in [1.29, 1.82) is 0 Å². The average molecular weight is 367 g/mol. The van der Waals surface area contributed by atoms with Crippen LogP contribution in [0, 0.1) is 0 Å². The Balaban J connectivity index is 1.72. The summed E-state index contributed by atoms with van der Waals surface area (Å²) >= 11 is 0. The van der Waals surface area contributed by atoms with Gasteiger partial charge in [0.1, 0.15) is 12.4 Å². The normalized spacial score (nSPS) is 15.7. The molecule has 3 aromatic rings. The number of rotatable bonds is 4. The van der Waals surface area contributed by atoms with E-state index in [1.54, 1.807) is 4.40 Å². The largest absolute Gasteiger partial charge is 0.352 e. The molecule has 0 spiro atoms. The van der Waals surface area contributed by atoms with Crippen molar-refractivity contribution >= 4 is 22.5 Å². The molecule has 4 rings (SSSR count). The third-order valence-electron chi connectivity index (χ3n) is 5.23. The second-order valence-electron chi connectivity index (χ2n) is 7.64. The van der Waals surface area contributed by atoms with Crippen LogP contribution in [0.2, 0.25) is 0 Å². The Morgan fingerprint density at radius 1 is 1.22 bits per heavy atom. The molecule has 1 amide bonds. The zero-order valence-corrected chi connectivity index (χ0v) is 15.8. The number of carbonyl (C=O) groups is 1. The first-order valence-electron chi connectivity index (χ1n) is 9.72. The molecule has 0 saturated heterocycles. The highest BCUT2D eigenvalue weighted by atomic mass is 16.2. The van der Waals surface area contributed by atoms with E-state index >= 15 is 0 Å². The number of amides is 1. The Bertz CT molecular complexity index is 1040. The van der Waals surface area contributed by atoms with Gasteiger partial charge in [-0.1, -0.05) is 45.2 Å². The topological polar surface area (TPSA) is 81.3 Å². The van der Waals surface area contributed by atoms with Crippen molar-refractivity contribution in [2.75, 3.05) is 0 Å². The van der Waals surface area contributed by atoms with Gasteiger partial charge in [0.25, 0.3) is 0 Å². The molecule has 142 valence electrons. The number of nitrogens with zero attached hydrogens (tertiary/aromatic N) is 4. The van der Waals surface area contributed by atoms with Gasteiger partial charge in [0.05, 0.1) is 5.52 Å². The lowest BCUT2D eigenvalue weighted by atomic mass is 9.95. The van der Waals surface area contributed by atoms with Gasteiger partial charge in [0.2, 0.25) is 5.91 Å². The van der Waals surface area contributed by atoms with Gasteiger partial charge in [-0.15, -0.1) is 5.10 Å². The van der Waals surface area contributed by atoms with Crippen LogP contribution >= 0.6 is 0 Å². The Hall–Kier alpha value is -2.70. The minimum atomic E-state index is -0.314. The Labute approximate surface area is 157 Å². The minimum Gasteiger partial charge on any atom is -0.352 e. The number of hydrogen-bond acceptors (Lipinski definition) is 4. The summed E-state index contributed by atoms with van der Waals surface area (Å²) in [5, 5.41) is 8.34. The van der Waals surface area contributed by atoms with Gasteiger partial charge in [-0.2, -0.15) is 0 Å². The predicted molar refractivity (Wildman–Crippen MR) is 104 cm³/mol. The zero-order chi connectivity index (χ0) is 19.0. The van der Waals surface area contributed by atoms with Gasteiger partial charge in [-0.05, 0) is 25.0 Å². The second kappa shape index (κ2) is 7.13. The van der Waals surface area contributed by atoms with Crippen molar-refractivity contribution in [3.63, 3.8) is 0 Å². The fourth-order valence-electron chi connectivity index (χ4n) is 3.87. The summed E-state index contributed by atoms with van der Waals surface area (Å²) in [5.74, 6) is 0.562. The second-order valence-corrected chi connectivity index (χ2v) is 7.64. The standard InChI is InChI=1S/C20H25N5O2/c1-13(2)18-22-16-11-7-6-10-15(16)19-23-24(20(27)25(18)19)12-17(26)21-14-8-4-3-5-9-14/h6-7,10-11,13-14H,3-5,8-9,12H2,1-2H3,(H,21,26). The third-order valence-corrected chi connectivity index (χ3v) is 5.23. The highest BCUT2D eigenvalue weighted by Gasteiger charge is 2.20. The first-order valence-corrected chi connectivity index (χ1v) is 9.72. The van der Waals surface area contributed by atoms with Gasteiger partial charge < -0.3 is 5.32 Å². The maximum absolute atomic E-state index is 13.0. The molecule has 1 aliphatic rings. The van der Waals surface area contributed by atoms with Crippen LogP contribution in [0.4, 0.5) is 0 Å². The van der Waals surface area contributed by atoms with E-state index in [9.17, 15) is 9.59 Å². The van der Waals surface area contributed by atoms with Gasteiger partial charge >= 0.3 is 5.69 Å². The maximum Gasteiger partial charge on any atom is 0.352 e. The number of aromatic nitrogens is 4. The lowest BCUT2D eigenvalue weighted by Crippen LogP contribution is -2.40. The highest BCUT2D eigenvalue weighted by molar-refractivity contribution is 5.91. The van der Waals surface area contributed by atoms with E-state index in [-0.39, 0.29) is 30.1 Å². The molecule has 0 unspecified atom stereocenters.